The van der Waals surface area contributed by atoms with Crippen molar-refractivity contribution in [3.05, 3.63) is 36.0 Å². The van der Waals surface area contributed by atoms with Gasteiger partial charge in [0.25, 0.3) is 5.91 Å². The van der Waals surface area contributed by atoms with Gasteiger partial charge in [-0.15, -0.1) is 0 Å². The molecule has 1 aliphatic heterocycles. The van der Waals surface area contributed by atoms with Gasteiger partial charge in [0.1, 0.15) is 6.04 Å². The second kappa shape index (κ2) is 8.68. The first kappa shape index (κ1) is 19.5. The fourth-order valence-electron chi connectivity index (χ4n) is 4.39. The molecule has 0 spiro atoms. The third kappa shape index (κ3) is 4.44. The van der Waals surface area contributed by atoms with E-state index in [2.05, 4.69) is 15.6 Å². The summed E-state index contributed by atoms with van der Waals surface area (Å²) >= 11 is 0. The van der Waals surface area contributed by atoms with Gasteiger partial charge < -0.3 is 15.6 Å². The zero-order valence-electron chi connectivity index (χ0n) is 16.6. The third-order valence-electron chi connectivity index (χ3n) is 6.00. The number of carbonyl (C=O) groups is 3. The first-order valence-corrected chi connectivity index (χ1v) is 10.6. The van der Waals surface area contributed by atoms with Crippen molar-refractivity contribution in [3.8, 4) is 0 Å². The number of hydrogen-bond acceptors (Lipinski definition) is 3. The van der Waals surface area contributed by atoms with Crippen LogP contribution in [0.2, 0.25) is 0 Å². The second-order valence-electron chi connectivity index (χ2n) is 8.06. The summed E-state index contributed by atoms with van der Waals surface area (Å²) < 4.78 is 0. The number of aromatic amines is 1. The van der Waals surface area contributed by atoms with Crippen LogP contribution in [0.5, 0.6) is 0 Å². The standard InChI is InChI=1S/C22H28N4O3/c27-20(24-16-7-3-1-2-4-8-16)13-19-21(28)26(22(29)25-19)12-11-15-14-23-18-10-6-5-9-17(15)18/h5-6,9-10,14,16,19,23H,1-4,7-8,11-13H2,(H,24,27)(H,25,29)/t19-/m1/s1. The van der Waals surface area contributed by atoms with E-state index in [1.54, 1.807) is 0 Å². The lowest BCUT2D eigenvalue weighted by Gasteiger charge is -2.17. The largest absolute Gasteiger partial charge is 0.361 e. The number of urea groups is 1. The van der Waals surface area contributed by atoms with Gasteiger partial charge in [-0.3, -0.25) is 14.5 Å². The lowest BCUT2D eigenvalue weighted by molar-refractivity contribution is -0.131. The van der Waals surface area contributed by atoms with Gasteiger partial charge in [0.15, 0.2) is 0 Å². The Bertz CT molecular complexity index is 898. The van der Waals surface area contributed by atoms with E-state index in [0.717, 1.165) is 42.1 Å². The van der Waals surface area contributed by atoms with Gasteiger partial charge in [-0.1, -0.05) is 43.9 Å². The molecule has 2 aliphatic rings. The topological polar surface area (TPSA) is 94.3 Å². The van der Waals surface area contributed by atoms with Crippen molar-refractivity contribution in [2.75, 3.05) is 6.54 Å². The summed E-state index contributed by atoms with van der Waals surface area (Å²) in [5.74, 6) is -0.472. The van der Waals surface area contributed by atoms with Gasteiger partial charge >= 0.3 is 6.03 Å². The van der Waals surface area contributed by atoms with E-state index in [9.17, 15) is 14.4 Å². The van der Waals surface area contributed by atoms with Crippen molar-refractivity contribution in [1.82, 2.24) is 20.5 Å². The van der Waals surface area contributed by atoms with Gasteiger partial charge in [0.2, 0.25) is 5.91 Å². The predicted molar refractivity (Wildman–Crippen MR) is 110 cm³/mol. The number of carbonyl (C=O) groups excluding carboxylic acids is 3. The SMILES string of the molecule is O=C(C[C@H]1NC(=O)N(CCc2c[nH]c3ccccc23)C1=O)NC1CCCCCC1. The highest BCUT2D eigenvalue weighted by atomic mass is 16.2. The Hall–Kier alpha value is -2.83. The van der Waals surface area contributed by atoms with Crippen LogP contribution in [0, 0.1) is 0 Å². The van der Waals surface area contributed by atoms with E-state index in [-0.39, 0.29) is 24.3 Å². The second-order valence-corrected chi connectivity index (χ2v) is 8.06. The highest BCUT2D eigenvalue weighted by Crippen LogP contribution is 2.20. The highest BCUT2D eigenvalue weighted by Gasteiger charge is 2.39. The quantitative estimate of drug-likeness (QED) is 0.518. The molecule has 7 heteroatoms. The first-order chi connectivity index (χ1) is 14.1. The van der Waals surface area contributed by atoms with Gasteiger partial charge in [-0.05, 0) is 30.9 Å². The molecule has 0 radical (unpaired) electrons. The normalized spacial score (nSPS) is 20.7. The summed E-state index contributed by atoms with van der Waals surface area (Å²) in [6.45, 7) is 0.299. The summed E-state index contributed by atoms with van der Waals surface area (Å²) in [5.41, 5.74) is 2.10. The molecule has 1 saturated heterocycles. The molecule has 154 valence electrons. The van der Waals surface area contributed by atoms with E-state index in [1.165, 1.54) is 17.7 Å². The number of amides is 4. The third-order valence-corrected chi connectivity index (χ3v) is 6.00. The number of nitrogens with one attached hydrogen (secondary N) is 3. The maximum absolute atomic E-state index is 12.7. The predicted octanol–water partition coefficient (Wildman–Crippen LogP) is 2.86. The molecule has 2 aromatic rings. The Morgan fingerprint density at radius 3 is 2.66 bits per heavy atom. The molecule has 3 N–H and O–H groups in total. The lowest BCUT2D eigenvalue weighted by atomic mass is 10.1. The average Bonchev–Trinajstić information content (AvgIpc) is 3.10. The molecular weight excluding hydrogens is 368 g/mol. The van der Waals surface area contributed by atoms with E-state index in [4.69, 9.17) is 0 Å². The van der Waals surface area contributed by atoms with Crippen molar-refractivity contribution in [1.29, 1.82) is 0 Å². The number of H-pyrrole nitrogens is 1. The fraction of sp³-hybridized carbons (Fsp3) is 0.500. The number of nitrogens with zero attached hydrogens (tertiary/aromatic N) is 1. The minimum absolute atomic E-state index is 0.00462. The van der Waals surface area contributed by atoms with Gasteiger partial charge in [0.05, 0.1) is 6.42 Å². The number of hydrogen-bond donors (Lipinski definition) is 3. The minimum atomic E-state index is -0.767. The summed E-state index contributed by atoms with van der Waals surface area (Å²) in [7, 11) is 0. The zero-order valence-corrected chi connectivity index (χ0v) is 16.6. The summed E-state index contributed by atoms with van der Waals surface area (Å²) in [4.78, 5) is 41.8. The lowest BCUT2D eigenvalue weighted by Crippen LogP contribution is -2.40. The minimum Gasteiger partial charge on any atom is -0.361 e. The van der Waals surface area contributed by atoms with Gasteiger partial charge in [-0.2, -0.15) is 0 Å². The van der Waals surface area contributed by atoms with Crippen LogP contribution < -0.4 is 10.6 Å². The maximum Gasteiger partial charge on any atom is 0.324 e. The molecule has 7 nitrogen and oxygen atoms in total. The number of aromatic nitrogens is 1. The van der Waals surface area contributed by atoms with Crippen LogP contribution >= 0.6 is 0 Å². The number of fused-ring (bicyclic) bond motifs is 1. The number of rotatable bonds is 6. The van der Waals surface area contributed by atoms with Crippen LogP contribution in [0.1, 0.15) is 50.5 Å². The maximum atomic E-state index is 12.7. The van der Waals surface area contributed by atoms with Crippen LogP contribution in [-0.4, -0.2) is 46.4 Å². The Balaban J connectivity index is 1.31. The van der Waals surface area contributed by atoms with Crippen LogP contribution in [-0.2, 0) is 16.0 Å². The molecule has 2 heterocycles. The van der Waals surface area contributed by atoms with Gasteiger partial charge in [0, 0.05) is 29.7 Å². The Kier molecular flexibility index (Phi) is 5.83. The van der Waals surface area contributed by atoms with Crippen molar-refractivity contribution in [2.24, 2.45) is 0 Å². The molecule has 4 rings (SSSR count). The Labute approximate surface area is 170 Å². The van der Waals surface area contributed by atoms with E-state index in [0.29, 0.717) is 13.0 Å². The van der Waals surface area contributed by atoms with E-state index >= 15 is 0 Å². The zero-order chi connectivity index (χ0) is 20.2. The molecule has 1 aromatic carbocycles. The summed E-state index contributed by atoms with van der Waals surface area (Å²) in [6.07, 6.45) is 9.18. The molecule has 0 unspecified atom stereocenters. The van der Waals surface area contributed by atoms with Crippen LogP contribution in [0.3, 0.4) is 0 Å². The van der Waals surface area contributed by atoms with Crippen molar-refractivity contribution >= 4 is 28.7 Å². The van der Waals surface area contributed by atoms with Crippen molar-refractivity contribution in [3.63, 3.8) is 0 Å². The smallest absolute Gasteiger partial charge is 0.324 e. The number of para-hydroxylation sites is 1. The summed E-state index contributed by atoms with van der Waals surface area (Å²) in [5, 5.41) is 6.81. The summed E-state index contributed by atoms with van der Waals surface area (Å²) in [6, 6.07) is 6.96. The molecule has 1 atom stereocenters. The van der Waals surface area contributed by atoms with E-state index in [1.807, 2.05) is 30.5 Å². The first-order valence-electron chi connectivity index (χ1n) is 10.6. The molecule has 29 heavy (non-hydrogen) atoms. The average molecular weight is 396 g/mol. The monoisotopic (exact) mass is 396 g/mol. The molecule has 1 aromatic heterocycles. The Morgan fingerprint density at radius 2 is 1.86 bits per heavy atom. The fourth-order valence-corrected chi connectivity index (χ4v) is 4.39. The number of benzene rings is 1. The molecule has 1 saturated carbocycles. The van der Waals surface area contributed by atoms with Crippen LogP contribution in [0.25, 0.3) is 10.9 Å². The highest BCUT2D eigenvalue weighted by molar-refractivity contribution is 6.05. The molecule has 4 amide bonds. The van der Waals surface area contributed by atoms with Crippen molar-refractivity contribution < 1.29 is 14.4 Å². The van der Waals surface area contributed by atoms with Crippen LogP contribution in [0.4, 0.5) is 4.79 Å². The molecule has 0 bridgehead atoms. The van der Waals surface area contributed by atoms with Crippen molar-refractivity contribution in [2.45, 2.75) is 63.5 Å². The molecule has 2 fully saturated rings. The molecular formula is C22H28N4O3. The van der Waals surface area contributed by atoms with Gasteiger partial charge in [-0.25, -0.2) is 4.79 Å². The van der Waals surface area contributed by atoms with Crippen LogP contribution in [0.15, 0.2) is 30.5 Å². The number of imide groups is 1. The Morgan fingerprint density at radius 1 is 1.10 bits per heavy atom. The van der Waals surface area contributed by atoms with E-state index < -0.39 is 12.1 Å². The molecule has 1 aliphatic carbocycles.